The molecule has 0 unspecified atom stereocenters. The lowest BCUT2D eigenvalue weighted by molar-refractivity contribution is 0.0942. The van der Waals surface area contributed by atoms with Gasteiger partial charge in [-0.15, -0.1) is 0 Å². The Kier molecular flexibility index (Phi) is 4.04. The summed E-state index contributed by atoms with van der Waals surface area (Å²) in [6.45, 7) is 2.93. The number of nitrogens with one attached hydrogen (secondary N) is 1. The number of hydrogen-bond acceptors (Lipinski definition) is 5. The minimum atomic E-state index is -0.499. The van der Waals surface area contributed by atoms with Gasteiger partial charge in [-0.25, -0.2) is 0 Å². The number of ether oxygens (including phenoxy) is 2. The molecule has 1 aromatic heterocycles. The Balaban J connectivity index is 1.60. The number of hydrogen-bond donors (Lipinski definition) is 1. The molecule has 4 rings (SSSR count). The van der Waals surface area contributed by atoms with Gasteiger partial charge in [0.15, 0.2) is 17.2 Å². The van der Waals surface area contributed by atoms with Gasteiger partial charge in [0.25, 0.3) is 5.91 Å². The van der Waals surface area contributed by atoms with E-state index < -0.39 is 5.91 Å². The molecule has 2 heterocycles. The van der Waals surface area contributed by atoms with Crippen LogP contribution in [-0.4, -0.2) is 22.5 Å². The van der Waals surface area contributed by atoms with E-state index in [0.717, 1.165) is 5.56 Å². The fourth-order valence-corrected chi connectivity index (χ4v) is 2.94. The molecule has 26 heavy (non-hydrogen) atoms. The minimum Gasteiger partial charge on any atom is -0.454 e. The molecule has 1 aliphatic rings. The smallest absolute Gasteiger partial charge is 0.276 e. The third kappa shape index (κ3) is 2.77. The van der Waals surface area contributed by atoms with Crippen molar-refractivity contribution in [3.05, 3.63) is 63.9 Å². The topological polar surface area (TPSA) is 82.5 Å². The monoisotopic (exact) mass is 351 g/mol. The van der Waals surface area contributed by atoms with E-state index in [1.54, 1.807) is 28.9 Å². The number of nitrogens with zero attached hydrogens (tertiary/aromatic N) is 2. The maximum Gasteiger partial charge on any atom is 0.276 e. The maximum atomic E-state index is 12.6. The Morgan fingerprint density at radius 3 is 2.85 bits per heavy atom. The Hall–Kier alpha value is -3.35. The van der Waals surface area contributed by atoms with Gasteiger partial charge < -0.3 is 14.8 Å². The molecule has 1 N–H and O–H groups in total. The van der Waals surface area contributed by atoms with Crippen LogP contribution in [0.25, 0.3) is 10.9 Å². The predicted molar refractivity (Wildman–Crippen MR) is 95.4 cm³/mol. The van der Waals surface area contributed by atoms with Crippen LogP contribution in [0, 0.1) is 0 Å². The second-order valence-corrected chi connectivity index (χ2v) is 5.88. The summed E-state index contributed by atoms with van der Waals surface area (Å²) in [4.78, 5) is 25.2. The molecule has 0 aliphatic carbocycles. The Labute approximate surface area is 149 Å². The second kappa shape index (κ2) is 6.51. The van der Waals surface area contributed by atoms with Gasteiger partial charge >= 0.3 is 0 Å². The van der Waals surface area contributed by atoms with E-state index in [9.17, 15) is 9.59 Å². The molecule has 7 heteroatoms. The van der Waals surface area contributed by atoms with E-state index in [0.29, 0.717) is 28.9 Å². The summed E-state index contributed by atoms with van der Waals surface area (Å²) >= 11 is 0. The summed E-state index contributed by atoms with van der Waals surface area (Å²) in [5.74, 6) is 0.830. The van der Waals surface area contributed by atoms with E-state index in [1.807, 2.05) is 25.1 Å². The van der Waals surface area contributed by atoms with Crippen molar-refractivity contribution in [2.45, 2.75) is 20.0 Å². The van der Waals surface area contributed by atoms with E-state index in [-0.39, 0.29) is 24.5 Å². The van der Waals surface area contributed by atoms with Gasteiger partial charge in [-0.1, -0.05) is 18.2 Å². The molecule has 1 amide bonds. The summed E-state index contributed by atoms with van der Waals surface area (Å²) in [6, 6.07) is 12.6. The highest BCUT2D eigenvalue weighted by Gasteiger charge is 2.18. The highest BCUT2D eigenvalue weighted by molar-refractivity contribution is 5.95. The van der Waals surface area contributed by atoms with Crippen LogP contribution in [0.15, 0.2) is 47.3 Å². The van der Waals surface area contributed by atoms with Crippen LogP contribution >= 0.6 is 0 Å². The number of fused-ring (bicyclic) bond motifs is 2. The van der Waals surface area contributed by atoms with Crippen LogP contribution < -0.4 is 20.2 Å². The van der Waals surface area contributed by atoms with Crippen LogP contribution in [0.4, 0.5) is 0 Å². The molecule has 132 valence electrons. The normalized spacial score (nSPS) is 12.3. The lowest BCUT2D eigenvalue weighted by atomic mass is 10.1. The van der Waals surface area contributed by atoms with Crippen LogP contribution in [0.5, 0.6) is 11.5 Å². The quantitative estimate of drug-likeness (QED) is 0.778. The summed E-state index contributed by atoms with van der Waals surface area (Å²) < 4.78 is 12.3. The minimum absolute atomic E-state index is 0.105. The van der Waals surface area contributed by atoms with Crippen molar-refractivity contribution in [2.75, 3.05) is 6.79 Å². The average Bonchev–Trinajstić information content (AvgIpc) is 3.14. The molecule has 2 aromatic carbocycles. The first-order valence-corrected chi connectivity index (χ1v) is 8.34. The van der Waals surface area contributed by atoms with Crippen molar-refractivity contribution in [2.24, 2.45) is 0 Å². The zero-order valence-electron chi connectivity index (χ0n) is 14.2. The summed E-state index contributed by atoms with van der Waals surface area (Å²) in [6.07, 6.45) is 0. The highest BCUT2D eigenvalue weighted by atomic mass is 16.7. The van der Waals surface area contributed by atoms with Gasteiger partial charge in [0.2, 0.25) is 12.2 Å². The lowest BCUT2D eigenvalue weighted by Crippen LogP contribution is -2.31. The first-order valence-electron chi connectivity index (χ1n) is 8.34. The SMILES string of the molecule is CCn1nc(C(=O)NCc2ccc3c(c2)OCO3)c(=O)c2ccccc21. The number of benzene rings is 2. The van der Waals surface area contributed by atoms with Crippen LogP contribution in [0.1, 0.15) is 23.0 Å². The maximum absolute atomic E-state index is 12.6. The van der Waals surface area contributed by atoms with Crippen LogP contribution in [0.2, 0.25) is 0 Å². The molecule has 0 spiro atoms. The largest absolute Gasteiger partial charge is 0.454 e. The van der Waals surface area contributed by atoms with Gasteiger partial charge in [-0.05, 0) is 36.8 Å². The van der Waals surface area contributed by atoms with Crippen molar-refractivity contribution in [3.8, 4) is 11.5 Å². The molecule has 1 aliphatic heterocycles. The first-order chi connectivity index (χ1) is 12.7. The van der Waals surface area contributed by atoms with Crippen molar-refractivity contribution in [1.29, 1.82) is 0 Å². The van der Waals surface area contributed by atoms with Gasteiger partial charge in [0.05, 0.1) is 5.52 Å². The fourth-order valence-electron chi connectivity index (χ4n) is 2.94. The Bertz CT molecular complexity index is 1060. The van der Waals surface area contributed by atoms with Gasteiger partial charge in [0, 0.05) is 18.5 Å². The summed E-state index contributed by atoms with van der Waals surface area (Å²) in [5.41, 5.74) is 1.09. The lowest BCUT2D eigenvalue weighted by Gasteiger charge is -2.10. The molecule has 0 atom stereocenters. The third-order valence-electron chi connectivity index (χ3n) is 4.27. The standard InChI is InChI=1S/C19H17N3O4/c1-2-22-14-6-4-3-5-13(14)18(23)17(21-22)19(24)20-10-12-7-8-15-16(9-12)26-11-25-15/h3-9H,2,10-11H2,1H3,(H,20,24). The summed E-state index contributed by atoms with van der Waals surface area (Å²) in [7, 11) is 0. The molecular formula is C19H17N3O4. The zero-order chi connectivity index (χ0) is 18.1. The average molecular weight is 351 g/mol. The van der Waals surface area contributed by atoms with E-state index in [1.165, 1.54) is 0 Å². The van der Waals surface area contributed by atoms with Crippen LogP contribution in [0.3, 0.4) is 0 Å². The zero-order valence-corrected chi connectivity index (χ0v) is 14.2. The number of para-hydroxylation sites is 1. The molecular weight excluding hydrogens is 334 g/mol. The molecule has 7 nitrogen and oxygen atoms in total. The van der Waals surface area contributed by atoms with E-state index in [4.69, 9.17) is 9.47 Å². The van der Waals surface area contributed by atoms with E-state index in [2.05, 4.69) is 10.4 Å². The van der Waals surface area contributed by atoms with Crippen molar-refractivity contribution >= 4 is 16.8 Å². The molecule has 3 aromatic rings. The molecule has 0 saturated heterocycles. The van der Waals surface area contributed by atoms with Crippen molar-refractivity contribution in [1.82, 2.24) is 15.1 Å². The van der Waals surface area contributed by atoms with E-state index >= 15 is 0 Å². The summed E-state index contributed by atoms with van der Waals surface area (Å²) in [5, 5.41) is 7.47. The fraction of sp³-hybridized carbons (Fsp3) is 0.211. The first kappa shape index (κ1) is 16.1. The van der Waals surface area contributed by atoms with Gasteiger partial charge in [-0.2, -0.15) is 5.10 Å². The number of carbonyl (C=O) groups is 1. The molecule has 0 bridgehead atoms. The van der Waals surface area contributed by atoms with Gasteiger partial charge in [-0.3, -0.25) is 14.3 Å². The number of amides is 1. The van der Waals surface area contributed by atoms with Crippen LogP contribution in [-0.2, 0) is 13.1 Å². The number of aryl methyl sites for hydroxylation is 1. The molecule has 0 fully saturated rings. The second-order valence-electron chi connectivity index (χ2n) is 5.88. The number of aromatic nitrogens is 2. The van der Waals surface area contributed by atoms with Gasteiger partial charge in [0.1, 0.15) is 0 Å². The number of rotatable bonds is 4. The Morgan fingerprint density at radius 1 is 1.19 bits per heavy atom. The molecule has 0 saturated carbocycles. The predicted octanol–water partition coefficient (Wildman–Crippen LogP) is 2.08. The Morgan fingerprint density at radius 2 is 2.00 bits per heavy atom. The van der Waals surface area contributed by atoms with Crippen molar-refractivity contribution < 1.29 is 14.3 Å². The third-order valence-corrected chi connectivity index (χ3v) is 4.27. The number of carbonyl (C=O) groups excluding carboxylic acids is 1. The highest BCUT2D eigenvalue weighted by Crippen LogP contribution is 2.32. The molecule has 0 radical (unpaired) electrons. The van der Waals surface area contributed by atoms with Crippen molar-refractivity contribution in [3.63, 3.8) is 0 Å².